The van der Waals surface area contributed by atoms with E-state index in [1.165, 1.54) is 5.56 Å². The summed E-state index contributed by atoms with van der Waals surface area (Å²) < 4.78 is 0. The Kier molecular flexibility index (Phi) is 6.88. The van der Waals surface area contributed by atoms with E-state index in [1.54, 1.807) is 0 Å². The Hall–Kier alpha value is -3.98. The second kappa shape index (κ2) is 10.4. The van der Waals surface area contributed by atoms with Crippen LogP contribution in [0.2, 0.25) is 0 Å². The Morgan fingerprint density at radius 2 is 1.47 bits per heavy atom. The van der Waals surface area contributed by atoms with Gasteiger partial charge in [-0.15, -0.1) is 0 Å². The molecule has 0 fully saturated rings. The second-order valence-corrected chi connectivity index (χ2v) is 7.61. The van der Waals surface area contributed by atoms with E-state index in [0.29, 0.717) is 5.70 Å². The fraction of sp³-hybridized carbons (Fsp3) is 0.103. The average molecular weight is 418 g/mol. The molecular formula is C29H27N3. The highest BCUT2D eigenvalue weighted by molar-refractivity contribution is 6.12. The van der Waals surface area contributed by atoms with Gasteiger partial charge in [-0.1, -0.05) is 97.9 Å². The predicted molar refractivity (Wildman–Crippen MR) is 134 cm³/mol. The van der Waals surface area contributed by atoms with Crippen LogP contribution in [-0.2, 0) is 0 Å². The van der Waals surface area contributed by atoms with Gasteiger partial charge in [0.1, 0.15) is 0 Å². The highest BCUT2D eigenvalue weighted by Crippen LogP contribution is 2.24. The molecule has 1 atom stereocenters. The van der Waals surface area contributed by atoms with Crippen LogP contribution in [-0.4, -0.2) is 10.7 Å². The summed E-state index contributed by atoms with van der Waals surface area (Å²) >= 11 is 0. The minimum Gasteiger partial charge on any atom is -0.398 e. The summed E-state index contributed by atoms with van der Waals surface area (Å²) in [6, 6.07) is 34.8. The van der Waals surface area contributed by atoms with Gasteiger partial charge in [-0.05, 0) is 41.3 Å². The van der Waals surface area contributed by atoms with Crippen LogP contribution in [0.25, 0.3) is 17.0 Å². The number of allylic oxidation sites excluding steroid dienone is 1. The van der Waals surface area contributed by atoms with Gasteiger partial charge in [-0.25, -0.2) is 0 Å². The maximum atomic E-state index is 6.48. The van der Waals surface area contributed by atoms with Crippen molar-refractivity contribution < 1.29 is 0 Å². The van der Waals surface area contributed by atoms with Crippen molar-refractivity contribution in [2.45, 2.75) is 19.4 Å². The quantitative estimate of drug-likeness (QED) is 0.341. The van der Waals surface area contributed by atoms with E-state index in [4.69, 9.17) is 10.7 Å². The fourth-order valence-electron chi connectivity index (χ4n) is 3.65. The normalized spacial score (nSPS) is 13.0. The first-order chi connectivity index (χ1) is 15.7. The summed E-state index contributed by atoms with van der Waals surface area (Å²) in [4.78, 5) is 9.60. The summed E-state index contributed by atoms with van der Waals surface area (Å²) in [6.07, 6.45) is 4.69. The van der Waals surface area contributed by atoms with E-state index in [-0.39, 0.29) is 6.04 Å². The third-order valence-corrected chi connectivity index (χ3v) is 5.41. The van der Waals surface area contributed by atoms with E-state index in [2.05, 4.69) is 60.4 Å². The molecule has 0 saturated heterocycles. The van der Waals surface area contributed by atoms with Crippen LogP contribution in [0.5, 0.6) is 0 Å². The predicted octanol–water partition coefficient (Wildman–Crippen LogP) is 6.69. The minimum atomic E-state index is 0.0569. The molecule has 4 aromatic rings. The largest absolute Gasteiger partial charge is 0.398 e. The molecule has 1 unspecified atom stereocenters. The fourth-order valence-corrected chi connectivity index (χ4v) is 3.65. The summed E-state index contributed by atoms with van der Waals surface area (Å²) in [5.41, 5.74) is 13.3. The van der Waals surface area contributed by atoms with Crippen LogP contribution < -0.4 is 5.73 Å². The molecule has 158 valence electrons. The lowest BCUT2D eigenvalue weighted by atomic mass is 10.0. The van der Waals surface area contributed by atoms with Crippen LogP contribution >= 0.6 is 0 Å². The minimum absolute atomic E-state index is 0.0569. The van der Waals surface area contributed by atoms with E-state index in [9.17, 15) is 0 Å². The molecule has 0 aliphatic rings. The smallest absolute Gasteiger partial charge is 0.0753 e. The van der Waals surface area contributed by atoms with Crippen LogP contribution in [0.1, 0.15) is 36.1 Å². The van der Waals surface area contributed by atoms with Crippen molar-refractivity contribution in [3.05, 3.63) is 132 Å². The standard InChI is InChI=1S/C29H27N3/c1-2-27(23-13-7-4-8-14-23)32-29(21-26(30)22-11-5-3-6-12-22)25-18-16-24(17-19-25)28-15-9-10-20-31-28/h3-21,27H,2,30H2,1H3/b26-21-,32-29?. The molecule has 0 spiro atoms. The molecule has 1 aromatic heterocycles. The van der Waals surface area contributed by atoms with E-state index >= 15 is 0 Å². The first kappa shape index (κ1) is 21.3. The van der Waals surface area contributed by atoms with Gasteiger partial charge in [-0.3, -0.25) is 9.98 Å². The molecule has 0 amide bonds. The summed E-state index contributed by atoms with van der Waals surface area (Å²) in [6.45, 7) is 2.16. The lowest BCUT2D eigenvalue weighted by Gasteiger charge is -2.14. The first-order valence-electron chi connectivity index (χ1n) is 10.9. The summed E-state index contributed by atoms with van der Waals surface area (Å²) in [5.74, 6) is 0. The van der Waals surface area contributed by atoms with Crippen molar-refractivity contribution in [3.63, 3.8) is 0 Å². The average Bonchev–Trinajstić information content (AvgIpc) is 2.88. The zero-order valence-corrected chi connectivity index (χ0v) is 18.2. The summed E-state index contributed by atoms with van der Waals surface area (Å²) in [5, 5.41) is 0. The Labute approximate surface area is 190 Å². The molecular weight excluding hydrogens is 390 g/mol. The van der Waals surface area contributed by atoms with Crippen molar-refractivity contribution in [2.75, 3.05) is 0 Å². The number of aromatic nitrogens is 1. The maximum absolute atomic E-state index is 6.48. The van der Waals surface area contributed by atoms with Crippen LogP contribution in [0.4, 0.5) is 0 Å². The maximum Gasteiger partial charge on any atom is 0.0753 e. The van der Waals surface area contributed by atoms with Gasteiger partial charge >= 0.3 is 0 Å². The molecule has 3 nitrogen and oxygen atoms in total. The van der Waals surface area contributed by atoms with E-state index in [0.717, 1.165) is 34.5 Å². The van der Waals surface area contributed by atoms with E-state index in [1.807, 2.05) is 66.9 Å². The third-order valence-electron chi connectivity index (χ3n) is 5.41. The molecule has 3 aromatic carbocycles. The molecule has 0 aliphatic carbocycles. The van der Waals surface area contributed by atoms with Crippen LogP contribution in [0.3, 0.4) is 0 Å². The highest BCUT2D eigenvalue weighted by atomic mass is 14.8. The van der Waals surface area contributed by atoms with Gasteiger partial charge in [-0.2, -0.15) is 0 Å². The van der Waals surface area contributed by atoms with E-state index < -0.39 is 0 Å². The Bertz CT molecular complexity index is 1180. The molecule has 0 bridgehead atoms. The number of hydrogen-bond donors (Lipinski definition) is 1. The van der Waals surface area contributed by atoms with Crippen LogP contribution in [0, 0.1) is 0 Å². The number of nitrogens with two attached hydrogens (primary N) is 1. The van der Waals surface area contributed by atoms with Crippen molar-refractivity contribution >= 4 is 11.4 Å². The second-order valence-electron chi connectivity index (χ2n) is 7.61. The Morgan fingerprint density at radius 1 is 0.812 bits per heavy atom. The number of pyridine rings is 1. The van der Waals surface area contributed by atoms with Crippen molar-refractivity contribution in [1.29, 1.82) is 0 Å². The number of benzene rings is 3. The van der Waals surface area contributed by atoms with Gasteiger partial charge in [0, 0.05) is 17.5 Å². The molecule has 2 N–H and O–H groups in total. The van der Waals surface area contributed by atoms with Gasteiger partial charge in [0.05, 0.1) is 17.4 Å². The van der Waals surface area contributed by atoms with Crippen LogP contribution in [0.15, 0.2) is 120 Å². The van der Waals surface area contributed by atoms with Gasteiger partial charge in [0.25, 0.3) is 0 Å². The zero-order valence-electron chi connectivity index (χ0n) is 18.2. The molecule has 1 heterocycles. The molecule has 4 rings (SSSR count). The number of aliphatic imine (C=N–C) groups is 1. The molecule has 3 heteroatoms. The Balaban J connectivity index is 1.75. The highest BCUT2D eigenvalue weighted by Gasteiger charge is 2.11. The number of hydrogen-bond acceptors (Lipinski definition) is 3. The summed E-state index contributed by atoms with van der Waals surface area (Å²) in [7, 11) is 0. The molecule has 0 radical (unpaired) electrons. The monoisotopic (exact) mass is 417 g/mol. The molecule has 0 saturated carbocycles. The Morgan fingerprint density at radius 3 is 2.09 bits per heavy atom. The van der Waals surface area contributed by atoms with Gasteiger partial charge in [0.15, 0.2) is 0 Å². The number of rotatable bonds is 7. The molecule has 0 aliphatic heterocycles. The SMILES string of the molecule is CCC(N=C(/C=C(\N)c1ccccc1)c1ccc(-c2ccccn2)cc1)c1ccccc1. The lowest BCUT2D eigenvalue weighted by molar-refractivity contribution is 0.702. The molecule has 32 heavy (non-hydrogen) atoms. The van der Waals surface area contributed by atoms with Crippen molar-refractivity contribution in [1.82, 2.24) is 4.98 Å². The zero-order chi connectivity index (χ0) is 22.2. The van der Waals surface area contributed by atoms with Gasteiger partial charge < -0.3 is 5.73 Å². The lowest BCUT2D eigenvalue weighted by Crippen LogP contribution is -2.06. The van der Waals surface area contributed by atoms with Crippen molar-refractivity contribution in [2.24, 2.45) is 10.7 Å². The first-order valence-corrected chi connectivity index (χ1v) is 10.9. The van der Waals surface area contributed by atoms with Gasteiger partial charge in [0.2, 0.25) is 0 Å². The third kappa shape index (κ3) is 5.19. The number of nitrogens with zero attached hydrogens (tertiary/aromatic N) is 2. The topological polar surface area (TPSA) is 51.3 Å². The van der Waals surface area contributed by atoms with Crippen molar-refractivity contribution in [3.8, 4) is 11.3 Å².